The van der Waals surface area contributed by atoms with Gasteiger partial charge in [-0.15, -0.1) is 0 Å². The van der Waals surface area contributed by atoms with Crippen LogP contribution >= 0.6 is 0 Å². The Bertz CT molecular complexity index is 836. The number of nitro benzene ring substituents is 1. The second-order valence-corrected chi connectivity index (χ2v) is 6.37. The first-order valence-corrected chi connectivity index (χ1v) is 8.97. The minimum atomic E-state index is -0.470. The second-order valence-electron chi connectivity index (χ2n) is 6.37. The van der Waals surface area contributed by atoms with Gasteiger partial charge in [-0.25, -0.2) is 0 Å². The van der Waals surface area contributed by atoms with E-state index in [0.29, 0.717) is 18.8 Å². The molecule has 2 heterocycles. The summed E-state index contributed by atoms with van der Waals surface area (Å²) in [6, 6.07) is 9.16. The van der Waals surface area contributed by atoms with E-state index in [4.69, 9.17) is 9.15 Å². The molecule has 1 amide bonds. The van der Waals surface area contributed by atoms with Crippen LogP contribution in [0.2, 0.25) is 0 Å². The lowest BCUT2D eigenvalue weighted by Gasteiger charge is -2.35. The van der Waals surface area contributed by atoms with Crippen LogP contribution in [0.15, 0.2) is 47.1 Å². The van der Waals surface area contributed by atoms with E-state index in [1.807, 2.05) is 0 Å². The molecular formula is C19H21N3O6. The fourth-order valence-electron chi connectivity index (χ4n) is 3.13. The molecular weight excluding hydrogens is 366 g/mol. The number of anilines is 1. The Balaban J connectivity index is 1.56. The summed E-state index contributed by atoms with van der Waals surface area (Å²) in [4.78, 5) is 37.1. The molecule has 1 N–H and O–H groups in total. The molecule has 1 aliphatic heterocycles. The van der Waals surface area contributed by atoms with Crippen molar-refractivity contribution in [3.05, 3.63) is 58.5 Å². The zero-order valence-corrected chi connectivity index (χ0v) is 15.2. The fraction of sp³-hybridized carbons (Fsp3) is 0.368. The highest BCUT2D eigenvalue weighted by atomic mass is 16.6. The average Bonchev–Trinajstić information content (AvgIpc) is 3.23. The van der Waals surface area contributed by atoms with E-state index >= 15 is 0 Å². The Hall–Kier alpha value is -3.20. The quantitative estimate of drug-likeness (QED) is 0.420. The summed E-state index contributed by atoms with van der Waals surface area (Å²) in [6.45, 7) is 1.35. The van der Waals surface area contributed by atoms with Crippen molar-refractivity contribution >= 4 is 23.1 Å². The number of ether oxygens (including phenoxy) is 1. The molecule has 0 spiro atoms. The molecule has 1 fully saturated rings. The first kappa shape index (κ1) is 19.6. The van der Waals surface area contributed by atoms with Gasteiger partial charge in [0.1, 0.15) is 5.69 Å². The molecule has 1 aromatic heterocycles. The number of furan rings is 1. The number of para-hydroxylation sites is 2. The Kier molecular flexibility index (Phi) is 6.38. The molecule has 0 radical (unpaired) electrons. The molecule has 9 nitrogen and oxygen atoms in total. The van der Waals surface area contributed by atoms with Gasteiger partial charge in [-0.2, -0.15) is 0 Å². The van der Waals surface area contributed by atoms with Gasteiger partial charge < -0.3 is 19.4 Å². The van der Waals surface area contributed by atoms with Crippen LogP contribution < -0.4 is 5.32 Å². The maximum atomic E-state index is 12.6. The second kappa shape index (κ2) is 9.14. The van der Waals surface area contributed by atoms with Crippen LogP contribution in [-0.2, 0) is 9.53 Å². The number of benzene rings is 1. The van der Waals surface area contributed by atoms with E-state index in [9.17, 15) is 19.7 Å². The third kappa shape index (κ3) is 4.74. The van der Waals surface area contributed by atoms with Crippen LogP contribution in [0, 0.1) is 10.1 Å². The Morgan fingerprint density at radius 2 is 2.07 bits per heavy atom. The Morgan fingerprint density at radius 1 is 1.25 bits per heavy atom. The largest absolute Gasteiger partial charge is 0.461 e. The number of carbonyl (C=O) groups is 2. The van der Waals surface area contributed by atoms with Gasteiger partial charge in [0, 0.05) is 32.0 Å². The number of ketones is 1. The number of rotatable bonds is 8. The topological polar surface area (TPSA) is 115 Å². The third-order valence-corrected chi connectivity index (χ3v) is 4.52. The highest BCUT2D eigenvalue weighted by Gasteiger charge is 2.29. The molecule has 0 unspecified atom stereocenters. The van der Waals surface area contributed by atoms with E-state index < -0.39 is 4.92 Å². The number of carbonyl (C=O) groups excluding carboxylic acids is 2. The van der Waals surface area contributed by atoms with Crippen molar-refractivity contribution < 1.29 is 23.7 Å². The van der Waals surface area contributed by atoms with Crippen molar-refractivity contribution in [3.63, 3.8) is 0 Å². The number of Topliss-reactive ketones (excluding diaryl/α,β-unsaturated/α-hetero) is 1. The highest BCUT2D eigenvalue weighted by molar-refractivity contribution is 5.94. The molecule has 1 saturated heterocycles. The average molecular weight is 387 g/mol. The molecule has 0 saturated carbocycles. The minimum absolute atomic E-state index is 0.0387. The normalized spacial score (nSPS) is 16.6. The third-order valence-electron chi connectivity index (χ3n) is 4.52. The zero-order valence-electron chi connectivity index (χ0n) is 15.2. The van der Waals surface area contributed by atoms with Crippen LogP contribution in [0.5, 0.6) is 0 Å². The van der Waals surface area contributed by atoms with Gasteiger partial charge in [0.05, 0.1) is 30.4 Å². The molecule has 28 heavy (non-hydrogen) atoms. The molecule has 1 aliphatic rings. The van der Waals surface area contributed by atoms with Crippen molar-refractivity contribution in [1.29, 1.82) is 0 Å². The van der Waals surface area contributed by atoms with Crippen LogP contribution in [0.4, 0.5) is 11.4 Å². The van der Waals surface area contributed by atoms with Gasteiger partial charge in [0.25, 0.3) is 5.69 Å². The summed E-state index contributed by atoms with van der Waals surface area (Å²) >= 11 is 0. The van der Waals surface area contributed by atoms with E-state index in [2.05, 4.69) is 5.32 Å². The van der Waals surface area contributed by atoms with Crippen molar-refractivity contribution in [2.24, 2.45) is 0 Å². The lowest BCUT2D eigenvalue weighted by atomic mass is 10.1. The van der Waals surface area contributed by atoms with E-state index in [0.717, 1.165) is 0 Å². The van der Waals surface area contributed by atoms with Gasteiger partial charge >= 0.3 is 0 Å². The van der Waals surface area contributed by atoms with Gasteiger partial charge in [-0.05, 0) is 18.2 Å². The summed E-state index contributed by atoms with van der Waals surface area (Å²) in [5.41, 5.74) is 0.329. The van der Waals surface area contributed by atoms with Crippen LogP contribution in [0.1, 0.15) is 23.4 Å². The van der Waals surface area contributed by atoms with Gasteiger partial charge in [0.15, 0.2) is 11.5 Å². The maximum Gasteiger partial charge on any atom is 0.292 e. The highest BCUT2D eigenvalue weighted by Crippen LogP contribution is 2.23. The van der Waals surface area contributed by atoms with E-state index in [1.165, 1.54) is 12.3 Å². The van der Waals surface area contributed by atoms with Crippen LogP contribution in [0.25, 0.3) is 0 Å². The molecule has 0 aliphatic carbocycles. The molecule has 0 bridgehead atoms. The number of morpholine rings is 1. The predicted octanol–water partition coefficient (Wildman–Crippen LogP) is 2.49. The van der Waals surface area contributed by atoms with E-state index in [-0.39, 0.29) is 55.2 Å². The Labute approximate surface area is 161 Å². The fourth-order valence-corrected chi connectivity index (χ4v) is 3.13. The SMILES string of the molecule is O=C(C[C@H]1COCCN1C(=O)CCNc1ccccc1[N+](=O)[O-])c1ccco1. The van der Waals surface area contributed by atoms with Crippen molar-refractivity contribution in [3.8, 4) is 0 Å². The minimum Gasteiger partial charge on any atom is -0.461 e. The summed E-state index contributed by atoms with van der Waals surface area (Å²) in [7, 11) is 0. The lowest BCUT2D eigenvalue weighted by molar-refractivity contribution is -0.384. The number of amides is 1. The van der Waals surface area contributed by atoms with Crippen molar-refractivity contribution in [2.75, 3.05) is 31.6 Å². The standard InChI is InChI=1S/C19H21N3O6/c23-17(18-6-3-10-28-18)12-14-13-27-11-9-21(14)19(24)7-8-20-15-4-1-2-5-16(15)22(25)26/h1-6,10,14,20H,7-9,11-13H2/t14-/m0/s1. The maximum absolute atomic E-state index is 12.6. The molecule has 148 valence electrons. The number of hydrogen-bond donors (Lipinski definition) is 1. The first-order chi connectivity index (χ1) is 13.6. The summed E-state index contributed by atoms with van der Waals surface area (Å²) in [5, 5.41) is 14.0. The number of nitro groups is 1. The summed E-state index contributed by atoms with van der Waals surface area (Å²) < 4.78 is 10.5. The predicted molar refractivity (Wildman–Crippen MR) is 100 cm³/mol. The van der Waals surface area contributed by atoms with Gasteiger partial charge in [0.2, 0.25) is 5.91 Å². The van der Waals surface area contributed by atoms with Crippen molar-refractivity contribution in [2.45, 2.75) is 18.9 Å². The lowest BCUT2D eigenvalue weighted by Crippen LogP contribution is -2.49. The molecule has 2 aromatic rings. The zero-order chi connectivity index (χ0) is 19.9. The number of nitrogens with one attached hydrogen (secondary N) is 1. The van der Waals surface area contributed by atoms with Crippen molar-refractivity contribution in [1.82, 2.24) is 4.90 Å². The van der Waals surface area contributed by atoms with Crippen LogP contribution in [-0.4, -0.2) is 53.9 Å². The molecule has 1 aromatic carbocycles. The van der Waals surface area contributed by atoms with E-state index in [1.54, 1.807) is 35.2 Å². The Morgan fingerprint density at radius 3 is 2.82 bits per heavy atom. The van der Waals surface area contributed by atoms with Gasteiger partial charge in [-0.1, -0.05) is 12.1 Å². The number of nitrogens with zero attached hydrogens (tertiary/aromatic N) is 2. The number of hydrogen-bond acceptors (Lipinski definition) is 7. The summed E-state index contributed by atoms with van der Waals surface area (Å²) in [6.07, 6.45) is 1.70. The monoisotopic (exact) mass is 387 g/mol. The molecule has 1 atom stereocenters. The molecule has 3 rings (SSSR count). The first-order valence-electron chi connectivity index (χ1n) is 8.97. The van der Waals surface area contributed by atoms with Gasteiger partial charge in [-0.3, -0.25) is 19.7 Å². The molecule has 9 heteroatoms. The smallest absolute Gasteiger partial charge is 0.292 e. The summed E-state index contributed by atoms with van der Waals surface area (Å²) in [5.74, 6) is -0.0565. The van der Waals surface area contributed by atoms with Crippen LogP contribution in [0.3, 0.4) is 0 Å².